The van der Waals surface area contributed by atoms with Crippen LogP contribution in [0.25, 0.3) is 0 Å². The minimum Gasteiger partial charge on any atom is -0.294 e. The van der Waals surface area contributed by atoms with E-state index in [-0.39, 0.29) is 0 Å². The summed E-state index contributed by atoms with van der Waals surface area (Å²) in [5, 5.41) is 3.28. The van der Waals surface area contributed by atoms with Crippen LogP contribution in [0.1, 0.15) is 56.8 Å². The first-order valence-corrected chi connectivity index (χ1v) is 7.77. The van der Waals surface area contributed by atoms with Gasteiger partial charge in [0.15, 0.2) is 0 Å². The summed E-state index contributed by atoms with van der Waals surface area (Å²) in [6.45, 7) is 6.75. The van der Waals surface area contributed by atoms with E-state index in [2.05, 4.69) is 43.1 Å². The number of thiazole rings is 1. The van der Waals surface area contributed by atoms with E-state index in [0.717, 1.165) is 12.1 Å². The fourth-order valence-corrected chi connectivity index (χ4v) is 3.38. The fourth-order valence-electron chi connectivity index (χ4n) is 2.10. The third-order valence-electron chi connectivity index (χ3n) is 3.27. The van der Waals surface area contributed by atoms with Gasteiger partial charge in [0.2, 0.25) is 0 Å². The number of alkyl halides is 1. The van der Waals surface area contributed by atoms with Gasteiger partial charge in [0.05, 0.1) is 17.6 Å². The molecule has 0 aromatic carbocycles. The molecule has 0 spiro atoms. The zero-order valence-corrected chi connectivity index (χ0v) is 12.8. The molecule has 0 radical (unpaired) electrons. The smallest absolute Gasteiger partial charge is 0.110 e. The molecule has 0 bridgehead atoms. The van der Waals surface area contributed by atoms with Gasteiger partial charge >= 0.3 is 0 Å². The Kier molecular flexibility index (Phi) is 6.45. The Morgan fingerprint density at radius 1 is 1.47 bits per heavy atom. The summed E-state index contributed by atoms with van der Waals surface area (Å²) in [6.07, 6.45) is 3.56. The molecule has 4 heteroatoms. The van der Waals surface area contributed by atoms with E-state index in [1.54, 1.807) is 11.3 Å². The highest BCUT2D eigenvalue weighted by Gasteiger charge is 2.22. The highest BCUT2D eigenvalue weighted by Crippen LogP contribution is 2.28. The second-order valence-electron chi connectivity index (χ2n) is 4.54. The van der Waals surface area contributed by atoms with Crippen molar-refractivity contribution in [2.75, 3.05) is 7.05 Å². The molecule has 0 amide bonds. The number of hydrogen-bond acceptors (Lipinski definition) is 3. The molecule has 2 unspecified atom stereocenters. The monoisotopic (exact) mass is 274 g/mol. The fraction of sp³-hybridized carbons (Fsp3) is 0.769. The second kappa shape index (κ2) is 7.34. The molecule has 17 heavy (non-hydrogen) atoms. The maximum absolute atomic E-state index is 5.81. The van der Waals surface area contributed by atoms with Gasteiger partial charge in [-0.3, -0.25) is 4.90 Å². The van der Waals surface area contributed by atoms with E-state index in [0.29, 0.717) is 18.0 Å². The zero-order valence-electron chi connectivity index (χ0n) is 11.2. The molecule has 1 aromatic rings. The van der Waals surface area contributed by atoms with Crippen LogP contribution in [-0.4, -0.2) is 23.0 Å². The molecule has 0 fully saturated rings. The van der Waals surface area contributed by atoms with Gasteiger partial charge in [-0.05, 0) is 26.8 Å². The quantitative estimate of drug-likeness (QED) is 0.683. The van der Waals surface area contributed by atoms with E-state index in [1.165, 1.54) is 17.8 Å². The Morgan fingerprint density at radius 2 is 2.18 bits per heavy atom. The summed E-state index contributed by atoms with van der Waals surface area (Å²) in [6, 6.07) is 1.03. The lowest BCUT2D eigenvalue weighted by atomic mass is 10.1. The molecule has 0 aliphatic carbocycles. The van der Waals surface area contributed by atoms with Gasteiger partial charge < -0.3 is 0 Å². The van der Waals surface area contributed by atoms with Gasteiger partial charge in [0.1, 0.15) is 5.01 Å². The van der Waals surface area contributed by atoms with E-state index < -0.39 is 0 Å². The predicted octanol–water partition coefficient (Wildman–Crippen LogP) is 4.45. The van der Waals surface area contributed by atoms with Gasteiger partial charge in [-0.15, -0.1) is 22.9 Å². The van der Waals surface area contributed by atoms with Gasteiger partial charge in [-0.1, -0.05) is 20.3 Å². The SMILES string of the molecule is CCCC(C)N(C)C(CC)c1nc(CCl)cs1. The molecule has 1 aromatic heterocycles. The minimum atomic E-state index is 0.429. The predicted molar refractivity (Wildman–Crippen MR) is 76.8 cm³/mol. The summed E-state index contributed by atoms with van der Waals surface area (Å²) in [5.41, 5.74) is 1.00. The summed E-state index contributed by atoms with van der Waals surface area (Å²) in [4.78, 5) is 7.05. The number of rotatable bonds is 7. The third kappa shape index (κ3) is 3.94. The maximum atomic E-state index is 5.81. The van der Waals surface area contributed by atoms with Crippen LogP contribution < -0.4 is 0 Å². The lowest BCUT2D eigenvalue weighted by molar-refractivity contribution is 0.171. The van der Waals surface area contributed by atoms with Crippen molar-refractivity contribution < 1.29 is 0 Å². The lowest BCUT2D eigenvalue weighted by Crippen LogP contribution is -2.32. The molecule has 2 atom stereocenters. The Morgan fingerprint density at radius 3 is 2.65 bits per heavy atom. The first-order chi connectivity index (χ1) is 8.13. The summed E-state index contributed by atoms with van der Waals surface area (Å²) in [7, 11) is 2.20. The van der Waals surface area contributed by atoms with Gasteiger partial charge in [0, 0.05) is 11.4 Å². The molecule has 0 aliphatic heterocycles. The molecule has 0 saturated heterocycles. The summed E-state index contributed by atoms with van der Waals surface area (Å²) in [5.74, 6) is 0.515. The number of aromatic nitrogens is 1. The summed E-state index contributed by atoms with van der Waals surface area (Å²) >= 11 is 7.54. The lowest BCUT2D eigenvalue weighted by Gasteiger charge is -2.31. The van der Waals surface area contributed by atoms with Gasteiger partial charge in [-0.2, -0.15) is 0 Å². The molecule has 1 rings (SSSR count). The minimum absolute atomic E-state index is 0.429. The number of nitrogens with zero attached hydrogens (tertiary/aromatic N) is 2. The van der Waals surface area contributed by atoms with E-state index >= 15 is 0 Å². The van der Waals surface area contributed by atoms with Crippen molar-refractivity contribution in [2.45, 2.75) is 58.0 Å². The molecule has 98 valence electrons. The first-order valence-electron chi connectivity index (χ1n) is 6.36. The third-order valence-corrected chi connectivity index (χ3v) is 4.54. The Hall–Kier alpha value is -0.120. The Balaban J connectivity index is 2.76. The van der Waals surface area contributed by atoms with Crippen LogP contribution in [-0.2, 0) is 5.88 Å². The van der Waals surface area contributed by atoms with Crippen molar-refractivity contribution >= 4 is 22.9 Å². The zero-order chi connectivity index (χ0) is 12.8. The number of hydrogen-bond donors (Lipinski definition) is 0. The van der Waals surface area contributed by atoms with Crippen molar-refractivity contribution in [1.82, 2.24) is 9.88 Å². The van der Waals surface area contributed by atoms with E-state index in [4.69, 9.17) is 11.6 Å². The first kappa shape index (κ1) is 14.9. The van der Waals surface area contributed by atoms with Crippen LogP contribution in [0.3, 0.4) is 0 Å². The molecule has 1 heterocycles. The van der Waals surface area contributed by atoms with Crippen LogP contribution in [0, 0.1) is 0 Å². The normalized spacial score (nSPS) is 15.2. The van der Waals surface area contributed by atoms with Crippen LogP contribution in [0.2, 0.25) is 0 Å². The Labute approximate surface area is 114 Å². The average Bonchev–Trinajstić information content (AvgIpc) is 2.79. The van der Waals surface area contributed by atoms with E-state index in [9.17, 15) is 0 Å². The van der Waals surface area contributed by atoms with Crippen LogP contribution >= 0.6 is 22.9 Å². The Bertz CT molecular complexity index is 327. The standard InChI is InChI=1S/C13H23ClN2S/c1-5-7-10(3)16(4)12(6-2)13-15-11(8-14)9-17-13/h9-10,12H,5-8H2,1-4H3. The van der Waals surface area contributed by atoms with Gasteiger partial charge in [0.25, 0.3) is 0 Å². The molecule has 0 N–H and O–H groups in total. The largest absolute Gasteiger partial charge is 0.294 e. The van der Waals surface area contributed by atoms with Crippen molar-refractivity contribution in [3.8, 4) is 0 Å². The molecule has 0 aliphatic rings. The van der Waals surface area contributed by atoms with E-state index in [1.807, 2.05) is 0 Å². The van der Waals surface area contributed by atoms with Gasteiger partial charge in [-0.25, -0.2) is 4.98 Å². The second-order valence-corrected chi connectivity index (χ2v) is 5.69. The van der Waals surface area contributed by atoms with Crippen LogP contribution in [0.4, 0.5) is 0 Å². The van der Waals surface area contributed by atoms with Crippen LogP contribution in [0.15, 0.2) is 5.38 Å². The van der Waals surface area contributed by atoms with Crippen molar-refractivity contribution in [1.29, 1.82) is 0 Å². The van der Waals surface area contributed by atoms with Crippen LogP contribution in [0.5, 0.6) is 0 Å². The average molecular weight is 275 g/mol. The van der Waals surface area contributed by atoms with Crippen molar-refractivity contribution in [3.63, 3.8) is 0 Å². The summed E-state index contributed by atoms with van der Waals surface area (Å²) < 4.78 is 0. The van der Waals surface area contributed by atoms with Crippen molar-refractivity contribution in [3.05, 3.63) is 16.1 Å². The maximum Gasteiger partial charge on any atom is 0.110 e. The molecule has 2 nitrogen and oxygen atoms in total. The highest BCUT2D eigenvalue weighted by molar-refractivity contribution is 7.09. The topological polar surface area (TPSA) is 16.1 Å². The number of halogens is 1. The molecular weight excluding hydrogens is 252 g/mol. The van der Waals surface area contributed by atoms with Crippen molar-refractivity contribution in [2.24, 2.45) is 0 Å². The molecule has 0 saturated carbocycles. The highest BCUT2D eigenvalue weighted by atomic mass is 35.5. The molecular formula is C13H23ClN2S.